The molecule has 0 fully saturated rings. The lowest BCUT2D eigenvalue weighted by Gasteiger charge is -2.19. The van der Waals surface area contributed by atoms with Gasteiger partial charge in [0.2, 0.25) is 0 Å². The van der Waals surface area contributed by atoms with Gasteiger partial charge in [0.15, 0.2) is 0 Å². The fourth-order valence-corrected chi connectivity index (χ4v) is 4.52. The minimum atomic E-state index is -5.84. The van der Waals surface area contributed by atoms with Crippen LogP contribution in [0.1, 0.15) is 5.69 Å². The number of halogens is 6. The molecule has 4 nitrogen and oxygen atoms in total. The Morgan fingerprint density at radius 1 is 0.710 bits per heavy atom. The zero-order valence-electron chi connectivity index (χ0n) is 15.3. The molecule has 1 aromatic heterocycles. The standard InChI is InChI=1S/C18H13F3NP.CHF3O3S/c19-18(20,21)17-12-11-16(13-22-17)23(14-7-3-1-4-8-14)15-9-5-2-6-10-15;2-1(3,4)8(5,6)7/h1-13H;(H,5,6,7). The molecular formula is C19H14F6NO3PS. The third kappa shape index (κ3) is 7.02. The van der Waals surface area contributed by atoms with Crippen molar-refractivity contribution in [1.82, 2.24) is 4.98 Å². The first-order chi connectivity index (χ1) is 14.3. The second-order valence-electron chi connectivity index (χ2n) is 5.83. The molecule has 0 saturated carbocycles. The third-order valence-corrected chi connectivity index (χ3v) is 6.61. The van der Waals surface area contributed by atoms with E-state index in [4.69, 9.17) is 13.0 Å². The van der Waals surface area contributed by atoms with Crippen molar-refractivity contribution in [3.63, 3.8) is 0 Å². The first-order valence-corrected chi connectivity index (χ1v) is 11.1. The molecule has 0 spiro atoms. The van der Waals surface area contributed by atoms with Gasteiger partial charge in [0.05, 0.1) is 0 Å². The van der Waals surface area contributed by atoms with Gasteiger partial charge in [0.25, 0.3) is 0 Å². The summed E-state index contributed by atoms with van der Waals surface area (Å²) in [5.41, 5.74) is -6.40. The number of hydrogen-bond acceptors (Lipinski definition) is 3. The molecule has 3 aromatic rings. The summed E-state index contributed by atoms with van der Waals surface area (Å²) < 4.78 is 95.7. The molecule has 1 N–H and O–H groups in total. The smallest absolute Gasteiger partial charge is 0.279 e. The van der Waals surface area contributed by atoms with Crippen molar-refractivity contribution >= 4 is 34.0 Å². The quantitative estimate of drug-likeness (QED) is 0.263. The largest absolute Gasteiger partial charge is 0.522 e. The fraction of sp³-hybridized carbons (Fsp3) is 0.105. The van der Waals surface area contributed by atoms with E-state index < -0.39 is 35.4 Å². The predicted molar refractivity (Wildman–Crippen MR) is 106 cm³/mol. The molecule has 0 aliphatic rings. The summed E-state index contributed by atoms with van der Waals surface area (Å²) >= 11 is 0. The highest BCUT2D eigenvalue weighted by Crippen LogP contribution is 2.33. The molecule has 2 aromatic carbocycles. The Hall–Kier alpha value is -2.49. The molecule has 0 unspecified atom stereocenters. The van der Waals surface area contributed by atoms with E-state index in [1.807, 2.05) is 60.7 Å². The van der Waals surface area contributed by atoms with Crippen LogP contribution in [-0.2, 0) is 16.3 Å². The highest BCUT2D eigenvalue weighted by atomic mass is 32.2. The second kappa shape index (κ2) is 9.76. The maximum absolute atomic E-state index is 12.7. The number of rotatable bonds is 3. The Bertz CT molecular complexity index is 1030. The molecule has 12 heteroatoms. The first-order valence-electron chi connectivity index (χ1n) is 8.28. The van der Waals surface area contributed by atoms with Crippen LogP contribution in [0.3, 0.4) is 0 Å². The molecule has 0 bridgehead atoms. The number of nitrogens with zero attached hydrogens (tertiary/aromatic N) is 1. The number of alkyl halides is 6. The Balaban J connectivity index is 0.000000366. The maximum atomic E-state index is 12.7. The van der Waals surface area contributed by atoms with Gasteiger partial charge in [-0.1, -0.05) is 66.7 Å². The number of pyridine rings is 1. The van der Waals surface area contributed by atoms with Crippen LogP contribution in [-0.4, -0.2) is 23.5 Å². The normalized spacial score (nSPS) is 12.3. The third-order valence-electron chi connectivity index (χ3n) is 3.62. The lowest BCUT2D eigenvalue weighted by Crippen LogP contribution is -2.21. The van der Waals surface area contributed by atoms with Crippen LogP contribution in [0.25, 0.3) is 0 Å². The van der Waals surface area contributed by atoms with Crippen molar-refractivity contribution in [2.24, 2.45) is 0 Å². The van der Waals surface area contributed by atoms with Crippen LogP contribution >= 0.6 is 7.92 Å². The van der Waals surface area contributed by atoms with Gasteiger partial charge in [-0.3, -0.25) is 9.54 Å². The van der Waals surface area contributed by atoms with Gasteiger partial charge in [0.1, 0.15) is 5.69 Å². The Labute approximate surface area is 175 Å². The zero-order chi connectivity index (χ0) is 23.3. The van der Waals surface area contributed by atoms with E-state index in [0.717, 1.165) is 22.0 Å². The molecule has 31 heavy (non-hydrogen) atoms. The van der Waals surface area contributed by atoms with Gasteiger partial charge in [-0.15, -0.1) is 0 Å². The topological polar surface area (TPSA) is 67.3 Å². The van der Waals surface area contributed by atoms with E-state index >= 15 is 0 Å². The fourth-order valence-electron chi connectivity index (χ4n) is 2.29. The van der Waals surface area contributed by atoms with Crippen LogP contribution in [0.5, 0.6) is 0 Å². The Kier molecular flexibility index (Phi) is 7.80. The predicted octanol–water partition coefficient (Wildman–Crippen LogP) is 4.25. The molecule has 166 valence electrons. The minimum Gasteiger partial charge on any atom is -0.279 e. The minimum absolute atomic E-state index is 0.797. The van der Waals surface area contributed by atoms with E-state index in [1.165, 1.54) is 12.3 Å². The van der Waals surface area contributed by atoms with Crippen molar-refractivity contribution in [2.75, 3.05) is 0 Å². The lowest BCUT2D eigenvalue weighted by molar-refractivity contribution is -0.141. The lowest BCUT2D eigenvalue weighted by atomic mass is 10.3. The summed E-state index contributed by atoms with van der Waals surface area (Å²) in [7, 11) is -6.76. The summed E-state index contributed by atoms with van der Waals surface area (Å²) in [6, 6.07) is 22.2. The van der Waals surface area contributed by atoms with Gasteiger partial charge in [0, 0.05) is 11.5 Å². The zero-order valence-corrected chi connectivity index (χ0v) is 17.1. The van der Waals surface area contributed by atoms with Gasteiger partial charge in [-0.2, -0.15) is 34.8 Å². The van der Waals surface area contributed by atoms with E-state index in [1.54, 1.807) is 0 Å². The molecule has 0 aliphatic carbocycles. The summed E-state index contributed by atoms with van der Waals surface area (Å²) in [6.45, 7) is 0. The van der Waals surface area contributed by atoms with E-state index in [-0.39, 0.29) is 0 Å². The van der Waals surface area contributed by atoms with Gasteiger partial charge in [-0.25, -0.2) is 0 Å². The van der Waals surface area contributed by atoms with Crippen LogP contribution in [0, 0.1) is 0 Å². The van der Waals surface area contributed by atoms with Crippen molar-refractivity contribution in [3.05, 3.63) is 84.7 Å². The van der Waals surface area contributed by atoms with Crippen molar-refractivity contribution in [1.29, 1.82) is 0 Å². The molecule has 3 rings (SSSR count). The number of benzene rings is 2. The van der Waals surface area contributed by atoms with Gasteiger partial charge >= 0.3 is 21.8 Å². The summed E-state index contributed by atoms with van der Waals surface area (Å²) in [5, 5.41) is 2.95. The molecule has 0 saturated heterocycles. The molecule has 0 radical (unpaired) electrons. The van der Waals surface area contributed by atoms with Crippen molar-refractivity contribution in [3.8, 4) is 0 Å². The molecular weight excluding hydrogens is 467 g/mol. The molecule has 0 aliphatic heterocycles. The molecule has 0 atom stereocenters. The maximum Gasteiger partial charge on any atom is 0.522 e. The molecule has 0 amide bonds. The summed E-state index contributed by atoms with van der Waals surface area (Å²) in [4.78, 5) is 3.61. The van der Waals surface area contributed by atoms with Crippen LogP contribution in [0.4, 0.5) is 26.3 Å². The van der Waals surface area contributed by atoms with E-state index in [0.29, 0.717) is 0 Å². The number of hydrogen-bond donors (Lipinski definition) is 1. The second-order valence-corrected chi connectivity index (χ2v) is 9.46. The first kappa shape index (κ1) is 24.8. The highest BCUT2D eigenvalue weighted by Gasteiger charge is 2.44. The Morgan fingerprint density at radius 2 is 1.13 bits per heavy atom. The van der Waals surface area contributed by atoms with E-state index in [9.17, 15) is 26.3 Å². The highest BCUT2D eigenvalue weighted by molar-refractivity contribution is 7.86. The van der Waals surface area contributed by atoms with Crippen LogP contribution < -0.4 is 15.9 Å². The monoisotopic (exact) mass is 481 g/mol. The number of aromatic nitrogens is 1. The molecule has 1 heterocycles. The average molecular weight is 481 g/mol. The summed E-state index contributed by atoms with van der Waals surface area (Å²) in [6.07, 6.45) is -3.07. The SMILES string of the molecule is FC(F)(F)c1ccc(P(c2ccccc2)c2ccccc2)cn1.O=S(=O)(O)C(F)(F)F. The average Bonchev–Trinajstić information content (AvgIpc) is 2.69. The van der Waals surface area contributed by atoms with Crippen LogP contribution in [0.2, 0.25) is 0 Å². The summed E-state index contributed by atoms with van der Waals surface area (Å²) in [5.74, 6) is 0. The van der Waals surface area contributed by atoms with Crippen molar-refractivity contribution in [2.45, 2.75) is 11.7 Å². The van der Waals surface area contributed by atoms with Gasteiger partial charge in [-0.05, 0) is 24.6 Å². The van der Waals surface area contributed by atoms with Crippen molar-refractivity contribution < 1.29 is 39.3 Å². The Morgan fingerprint density at radius 3 is 1.42 bits per heavy atom. The van der Waals surface area contributed by atoms with Gasteiger partial charge < -0.3 is 0 Å². The van der Waals surface area contributed by atoms with Crippen LogP contribution in [0.15, 0.2) is 79.0 Å². The van der Waals surface area contributed by atoms with E-state index in [2.05, 4.69) is 4.98 Å².